The number of rotatable bonds is 3. The van der Waals surface area contributed by atoms with Crippen LogP contribution in [0.4, 0.5) is 15.9 Å². The average molecular weight is 737 g/mol. The number of imidazole rings is 1. The van der Waals surface area contributed by atoms with E-state index in [9.17, 15) is 14.3 Å². The molecule has 10 atom stereocenters. The highest BCUT2D eigenvalue weighted by Crippen LogP contribution is 2.54. The molecule has 0 aliphatic carbocycles. The van der Waals surface area contributed by atoms with Crippen LogP contribution in [0.2, 0.25) is 0 Å². The maximum absolute atomic E-state index is 16.1. The fourth-order valence-electron chi connectivity index (χ4n) is 6.42. The van der Waals surface area contributed by atoms with Crippen LogP contribution < -0.4 is 11.1 Å². The van der Waals surface area contributed by atoms with Gasteiger partial charge < -0.3 is 43.7 Å². The van der Waals surface area contributed by atoms with E-state index < -0.39 is 76.6 Å². The van der Waals surface area contributed by atoms with Crippen LogP contribution in [0.3, 0.4) is 0 Å². The molecule has 4 aromatic heterocycles. The Morgan fingerprint density at radius 3 is 2.69 bits per heavy atom. The van der Waals surface area contributed by atoms with Crippen molar-refractivity contribution >= 4 is 73.2 Å². The van der Waals surface area contributed by atoms with E-state index in [1.165, 1.54) is 35.2 Å². The first-order valence-corrected chi connectivity index (χ1v) is 19.1. The molecule has 0 saturated carbocycles. The molecule has 4 unspecified atom stereocenters. The van der Waals surface area contributed by atoms with Gasteiger partial charge in [0.1, 0.15) is 42.4 Å². The van der Waals surface area contributed by atoms with Crippen LogP contribution in [0.1, 0.15) is 24.6 Å². The topological polar surface area (TPSA) is 231 Å². The minimum absolute atomic E-state index is 0.0652. The normalized spacial score (nSPS) is 36.8. The SMILES string of the molecule is [B]P1(=O)OC[C@H]2O[C@@H](n3nc4c5c(ccnc53)NC(=O)CC4)[C@@H](OC)C2OP(O)(=S)OC[C@H]2O[C@@H](n3cnc4c(N)ncnc43)C(F)[C@H]2O1. The van der Waals surface area contributed by atoms with E-state index in [4.69, 9.17) is 62.5 Å². The number of hydrogen-bond acceptors (Lipinski definition) is 16. The molecule has 0 spiro atoms. The van der Waals surface area contributed by atoms with E-state index in [2.05, 4.69) is 25.3 Å². The maximum Gasteiger partial charge on any atom is 0.325 e. The van der Waals surface area contributed by atoms with Crippen LogP contribution in [-0.4, -0.2) is 110 Å². The van der Waals surface area contributed by atoms with Gasteiger partial charge in [-0.05, 0) is 17.9 Å². The Kier molecular flexibility index (Phi) is 8.35. The third-order valence-electron chi connectivity index (χ3n) is 8.60. The Morgan fingerprint density at radius 2 is 1.88 bits per heavy atom. The lowest BCUT2D eigenvalue weighted by Gasteiger charge is -2.30. The van der Waals surface area contributed by atoms with Crippen LogP contribution in [0, 0.1) is 0 Å². The van der Waals surface area contributed by atoms with Crippen LogP contribution in [0.5, 0.6) is 0 Å². The second-order valence-corrected chi connectivity index (χ2v) is 15.9. The van der Waals surface area contributed by atoms with Crippen molar-refractivity contribution in [1.82, 2.24) is 34.3 Å². The van der Waals surface area contributed by atoms with Gasteiger partial charge in [-0.15, -0.1) is 0 Å². The Hall–Kier alpha value is -3.01. The van der Waals surface area contributed by atoms with Crippen molar-refractivity contribution in [1.29, 1.82) is 0 Å². The molecule has 2 radical (unpaired) electrons. The summed E-state index contributed by atoms with van der Waals surface area (Å²) in [5, 5.41) is 8.17. The number of nitrogens with zero attached hydrogens (tertiary/aromatic N) is 7. The Balaban J connectivity index is 1.09. The summed E-state index contributed by atoms with van der Waals surface area (Å²) >= 11 is 5.36. The van der Waals surface area contributed by atoms with Gasteiger partial charge >= 0.3 is 6.72 Å². The predicted octanol–water partition coefficient (Wildman–Crippen LogP) is 1.20. The molecule has 0 aromatic carbocycles. The Bertz CT molecular complexity index is 2060. The molecule has 8 heterocycles. The number of pyridine rings is 1. The molecule has 4 aliphatic rings. The number of nitrogen functional groups attached to an aromatic ring is 1. The number of alkyl halides is 1. The number of amides is 1. The number of nitrogens with one attached hydrogen (secondary N) is 1. The van der Waals surface area contributed by atoms with Gasteiger partial charge in [-0.2, -0.15) is 5.10 Å². The van der Waals surface area contributed by atoms with Gasteiger partial charge in [0.2, 0.25) is 13.5 Å². The summed E-state index contributed by atoms with van der Waals surface area (Å²) in [6.07, 6.45) is -6.28. The number of carbonyl (C=O) groups is 1. The fourth-order valence-corrected chi connectivity index (χ4v) is 8.87. The van der Waals surface area contributed by atoms with E-state index in [0.29, 0.717) is 28.8 Å². The number of halogens is 1. The van der Waals surface area contributed by atoms with E-state index in [1.54, 1.807) is 6.07 Å². The van der Waals surface area contributed by atoms with Crippen molar-refractivity contribution in [3.8, 4) is 0 Å². The molecule has 24 heteroatoms. The standard InChI is InChI=1S/C25H27BFN9O10P2S/c1-40-20-19-13(44-25(20)36-22-15-10(4-5-29-22)33-14(37)3-2-11(15)34-36)6-41-47(26,38)45-18-12(7-42-48(39,49)46-19)43-24(16(18)27)35-9-32-17-21(28)30-8-31-23(17)35/h4-5,8-9,12-13,16,18-20,24-25H,2-3,6-7H2,1H3,(H,33,37)(H,39,49)(H2,28,30,31)/t12-,13-,16?,18+,19?,20+,24-,25-,47?,48?/m1/s1. The number of carbonyl (C=O) groups excluding carboxylic acids is 1. The number of ether oxygens (including phenoxy) is 3. The number of aromatic nitrogens is 7. The van der Waals surface area contributed by atoms with Crippen molar-refractivity contribution < 1.29 is 50.9 Å². The predicted molar refractivity (Wildman–Crippen MR) is 169 cm³/mol. The van der Waals surface area contributed by atoms with Crippen molar-refractivity contribution in [3.05, 3.63) is 30.6 Å². The second-order valence-electron chi connectivity index (χ2n) is 11.6. The third kappa shape index (κ3) is 5.87. The molecule has 1 amide bonds. The Morgan fingerprint density at radius 1 is 1.10 bits per heavy atom. The Labute approximate surface area is 282 Å². The number of nitrogens with two attached hydrogens (primary N) is 1. The van der Waals surface area contributed by atoms with E-state index in [0.717, 1.165) is 0 Å². The molecule has 4 N–H and O–H groups in total. The lowest BCUT2D eigenvalue weighted by atomic mass is 10.1. The first-order chi connectivity index (χ1) is 23.4. The molecule has 4 aliphatic heterocycles. The molecule has 3 fully saturated rings. The highest BCUT2D eigenvalue weighted by atomic mass is 32.5. The summed E-state index contributed by atoms with van der Waals surface area (Å²) in [7, 11) is 2.83. The van der Waals surface area contributed by atoms with Gasteiger partial charge in [0.05, 0.1) is 36.3 Å². The van der Waals surface area contributed by atoms with Crippen molar-refractivity contribution in [3.63, 3.8) is 0 Å². The molecule has 0 bridgehead atoms. The van der Waals surface area contributed by atoms with E-state index in [-0.39, 0.29) is 29.3 Å². The number of anilines is 2. The van der Waals surface area contributed by atoms with Crippen LogP contribution >= 0.6 is 14.2 Å². The lowest BCUT2D eigenvalue weighted by Crippen LogP contribution is -2.39. The molecule has 49 heavy (non-hydrogen) atoms. The average Bonchev–Trinajstić information content (AvgIpc) is 3.78. The number of hydrogen-bond donors (Lipinski definition) is 3. The first-order valence-electron chi connectivity index (χ1n) is 14.9. The zero-order valence-electron chi connectivity index (χ0n) is 25.3. The largest absolute Gasteiger partial charge is 0.382 e. The molecular formula is C25H27BFN9O10P2S. The highest BCUT2D eigenvalue weighted by Gasteiger charge is 2.54. The molecule has 19 nitrogen and oxygen atoms in total. The van der Waals surface area contributed by atoms with Crippen molar-refractivity contribution in [2.45, 2.75) is 62.0 Å². The lowest BCUT2D eigenvalue weighted by molar-refractivity contribution is -0.116. The summed E-state index contributed by atoms with van der Waals surface area (Å²) in [6.45, 7) is -5.25. The molecule has 258 valence electrons. The molecule has 4 aromatic rings. The summed E-state index contributed by atoms with van der Waals surface area (Å²) in [5.41, 5.74) is 7.75. The molecular weight excluding hydrogens is 710 g/mol. The zero-order chi connectivity index (χ0) is 34.2. The zero-order valence-corrected chi connectivity index (χ0v) is 27.9. The number of methoxy groups -OCH3 is 1. The quantitative estimate of drug-likeness (QED) is 0.198. The van der Waals surface area contributed by atoms with Crippen molar-refractivity contribution in [2.24, 2.45) is 0 Å². The summed E-state index contributed by atoms with van der Waals surface area (Å²) < 4.78 is 73.1. The fraction of sp³-hybridized carbons (Fsp3) is 0.520. The summed E-state index contributed by atoms with van der Waals surface area (Å²) in [5.74, 6) is -0.0938. The third-order valence-corrected chi connectivity index (χ3v) is 11.2. The van der Waals surface area contributed by atoms with Gasteiger partial charge in [0.15, 0.2) is 35.7 Å². The van der Waals surface area contributed by atoms with E-state index >= 15 is 4.39 Å². The van der Waals surface area contributed by atoms with Crippen molar-refractivity contribution in [2.75, 3.05) is 31.4 Å². The highest BCUT2D eigenvalue weighted by molar-refractivity contribution is 8.07. The summed E-state index contributed by atoms with van der Waals surface area (Å²) in [6, 6.07) is 1.66. The van der Waals surface area contributed by atoms with Crippen LogP contribution in [0.25, 0.3) is 22.2 Å². The van der Waals surface area contributed by atoms with Crippen LogP contribution in [-0.2, 0) is 59.9 Å². The minimum Gasteiger partial charge on any atom is -0.382 e. The molecule has 8 rings (SSSR count). The van der Waals surface area contributed by atoms with E-state index in [1.807, 2.05) is 0 Å². The van der Waals surface area contributed by atoms with Gasteiger partial charge in [-0.25, -0.2) is 29.0 Å². The first kappa shape index (κ1) is 33.2. The molecule has 3 saturated heterocycles. The smallest absolute Gasteiger partial charge is 0.325 e. The number of aryl methyl sites for hydroxylation is 1. The minimum atomic E-state index is -4.53. The maximum atomic E-state index is 16.1. The summed E-state index contributed by atoms with van der Waals surface area (Å²) in [4.78, 5) is 40.1. The van der Waals surface area contributed by atoms with Gasteiger partial charge in [0.25, 0.3) is 7.47 Å². The monoisotopic (exact) mass is 737 g/mol. The van der Waals surface area contributed by atoms with Gasteiger partial charge in [-0.3, -0.25) is 18.5 Å². The van der Waals surface area contributed by atoms with Gasteiger partial charge in [0, 0.05) is 26.1 Å². The number of fused-ring (bicyclic) bond motifs is 3. The second kappa shape index (κ2) is 12.3. The van der Waals surface area contributed by atoms with Crippen LogP contribution in [0.15, 0.2) is 24.9 Å². The van der Waals surface area contributed by atoms with Gasteiger partial charge in [-0.1, -0.05) is 0 Å².